The Labute approximate surface area is 132 Å². The van der Waals surface area contributed by atoms with Gasteiger partial charge in [-0.3, -0.25) is 4.79 Å². The molecular weight excluding hydrogens is 274 g/mol. The third kappa shape index (κ3) is 4.95. The molecule has 0 saturated carbocycles. The zero-order chi connectivity index (χ0) is 16.5. The fraction of sp³-hybridized carbons (Fsp3) is 0.222. The number of amides is 1. The largest absolute Gasteiger partial charge is 0.369 e. The molecule has 1 N–H and O–H groups in total. The minimum atomic E-state index is -0.424. The number of anilines is 1. The first-order valence-electron chi connectivity index (χ1n) is 6.98. The summed E-state index contributed by atoms with van der Waals surface area (Å²) >= 11 is 0. The maximum Gasteiger partial charge on any atom is 0.267 e. The van der Waals surface area contributed by atoms with Gasteiger partial charge in [-0.05, 0) is 25.5 Å². The SMILES string of the molecule is C=CCN(/C=C(/C#N)C(=O)Nc1ccc(C)cc1C)CC=C. The van der Waals surface area contributed by atoms with Gasteiger partial charge in [-0.2, -0.15) is 5.26 Å². The second kappa shape index (κ2) is 8.48. The third-order valence-electron chi connectivity index (χ3n) is 3.03. The number of benzene rings is 1. The number of nitriles is 1. The van der Waals surface area contributed by atoms with Crippen LogP contribution in [0.5, 0.6) is 0 Å². The van der Waals surface area contributed by atoms with Crippen molar-refractivity contribution in [2.75, 3.05) is 18.4 Å². The molecule has 0 radical (unpaired) electrons. The minimum Gasteiger partial charge on any atom is -0.369 e. The first-order valence-corrected chi connectivity index (χ1v) is 6.98. The molecule has 0 aliphatic heterocycles. The lowest BCUT2D eigenvalue weighted by Gasteiger charge is -2.17. The van der Waals surface area contributed by atoms with Crippen LogP contribution < -0.4 is 5.32 Å². The molecule has 1 amide bonds. The molecule has 0 aliphatic rings. The number of hydrogen-bond donors (Lipinski definition) is 1. The molecule has 0 bridgehead atoms. The Morgan fingerprint density at radius 1 is 1.32 bits per heavy atom. The molecule has 4 nitrogen and oxygen atoms in total. The van der Waals surface area contributed by atoms with Crippen LogP contribution in [0.15, 0.2) is 55.3 Å². The van der Waals surface area contributed by atoms with Gasteiger partial charge < -0.3 is 10.2 Å². The van der Waals surface area contributed by atoms with E-state index in [1.165, 1.54) is 6.20 Å². The number of carbonyl (C=O) groups excluding carboxylic acids is 1. The van der Waals surface area contributed by atoms with Gasteiger partial charge in [-0.25, -0.2) is 0 Å². The smallest absolute Gasteiger partial charge is 0.267 e. The van der Waals surface area contributed by atoms with Crippen molar-refractivity contribution < 1.29 is 4.79 Å². The van der Waals surface area contributed by atoms with E-state index in [1.807, 2.05) is 38.1 Å². The topological polar surface area (TPSA) is 56.1 Å². The van der Waals surface area contributed by atoms with Crippen molar-refractivity contribution in [1.82, 2.24) is 4.90 Å². The number of hydrogen-bond acceptors (Lipinski definition) is 3. The van der Waals surface area contributed by atoms with Crippen molar-refractivity contribution in [2.24, 2.45) is 0 Å². The van der Waals surface area contributed by atoms with E-state index in [0.29, 0.717) is 18.8 Å². The van der Waals surface area contributed by atoms with Crippen LogP contribution in [0.25, 0.3) is 0 Å². The Balaban J connectivity index is 2.94. The molecule has 0 fully saturated rings. The molecule has 0 heterocycles. The van der Waals surface area contributed by atoms with E-state index in [4.69, 9.17) is 0 Å². The van der Waals surface area contributed by atoms with Crippen LogP contribution in [-0.2, 0) is 4.79 Å². The van der Waals surface area contributed by atoms with E-state index >= 15 is 0 Å². The first kappa shape index (κ1) is 17.3. The Morgan fingerprint density at radius 2 is 1.95 bits per heavy atom. The fourth-order valence-electron chi connectivity index (χ4n) is 1.98. The number of aryl methyl sites for hydroxylation is 2. The Bertz CT molecular complexity index is 628. The van der Waals surface area contributed by atoms with Crippen molar-refractivity contribution in [3.8, 4) is 6.07 Å². The van der Waals surface area contributed by atoms with Crippen LogP contribution >= 0.6 is 0 Å². The monoisotopic (exact) mass is 295 g/mol. The fourth-order valence-corrected chi connectivity index (χ4v) is 1.98. The van der Waals surface area contributed by atoms with Crippen LogP contribution in [0, 0.1) is 25.2 Å². The molecular formula is C18H21N3O. The highest BCUT2D eigenvalue weighted by Gasteiger charge is 2.12. The lowest BCUT2D eigenvalue weighted by atomic mass is 10.1. The third-order valence-corrected chi connectivity index (χ3v) is 3.03. The van der Waals surface area contributed by atoms with E-state index in [2.05, 4.69) is 18.5 Å². The van der Waals surface area contributed by atoms with Gasteiger partial charge in [0.2, 0.25) is 0 Å². The molecule has 0 aliphatic carbocycles. The van der Waals surface area contributed by atoms with Crippen molar-refractivity contribution in [2.45, 2.75) is 13.8 Å². The van der Waals surface area contributed by atoms with E-state index < -0.39 is 5.91 Å². The molecule has 22 heavy (non-hydrogen) atoms. The molecule has 0 atom stereocenters. The predicted octanol–water partition coefficient (Wildman–Crippen LogP) is 3.32. The Hall–Kier alpha value is -2.80. The van der Waals surface area contributed by atoms with Gasteiger partial charge in [0.15, 0.2) is 0 Å². The van der Waals surface area contributed by atoms with Crippen LogP contribution in [0.2, 0.25) is 0 Å². The summed E-state index contributed by atoms with van der Waals surface area (Å²) in [6.07, 6.45) is 4.94. The Morgan fingerprint density at radius 3 is 2.45 bits per heavy atom. The molecule has 0 aromatic heterocycles. The molecule has 0 unspecified atom stereocenters. The van der Waals surface area contributed by atoms with Gasteiger partial charge in [-0.15, -0.1) is 13.2 Å². The normalized spacial score (nSPS) is 10.5. The zero-order valence-electron chi connectivity index (χ0n) is 13.1. The maximum atomic E-state index is 12.2. The number of nitrogens with one attached hydrogen (secondary N) is 1. The van der Waals surface area contributed by atoms with Crippen LogP contribution in [0.4, 0.5) is 5.69 Å². The van der Waals surface area contributed by atoms with Gasteiger partial charge in [0.1, 0.15) is 11.6 Å². The highest BCUT2D eigenvalue weighted by atomic mass is 16.1. The summed E-state index contributed by atoms with van der Waals surface area (Å²) in [7, 11) is 0. The van der Waals surface area contributed by atoms with Gasteiger partial charge in [0, 0.05) is 25.0 Å². The van der Waals surface area contributed by atoms with E-state index in [0.717, 1.165) is 11.1 Å². The summed E-state index contributed by atoms with van der Waals surface area (Å²) in [6.45, 7) is 12.3. The van der Waals surface area contributed by atoms with Crippen LogP contribution in [-0.4, -0.2) is 23.9 Å². The lowest BCUT2D eigenvalue weighted by molar-refractivity contribution is -0.112. The van der Waals surface area contributed by atoms with Gasteiger partial charge >= 0.3 is 0 Å². The van der Waals surface area contributed by atoms with Gasteiger partial charge in [0.25, 0.3) is 5.91 Å². The molecule has 1 aromatic rings. The van der Waals surface area contributed by atoms with Crippen molar-refractivity contribution in [3.63, 3.8) is 0 Å². The minimum absolute atomic E-state index is 0.0451. The number of rotatable bonds is 7. The summed E-state index contributed by atoms with van der Waals surface area (Å²) in [6, 6.07) is 7.67. The second-order valence-electron chi connectivity index (χ2n) is 4.96. The van der Waals surface area contributed by atoms with Gasteiger partial charge in [-0.1, -0.05) is 29.8 Å². The summed E-state index contributed by atoms with van der Waals surface area (Å²) in [5.74, 6) is -0.424. The summed E-state index contributed by atoms with van der Waals surface area (Å²) in [5.41, 5.74) is 2.83. The van der Waals surface area contributed by atoms with Crippen LogP contribution in [0.3, 0.4) is 0 Å². The van der Waals surface area contributed by atoms with E-state index in [9.17, 15) is 10.1 Å². The highest BCUT2D eigenvalue weighted by Crippen LogP contribution is 2.17. The first-order chi connectivity index (χ1) is 10.5. The summed E-state index contributed by atoms with van der Waals surface area (Å²) in [5, 5.41) is 12.0. The zero-order valence-corrected chi connectivity index (χ0v) is 13.1. The molecule has 4 heteroatoms. The molecule has 0 spiro atoms. The maximum absolute atomic E-state index is 12.2. The Kier molecular flexibility index (Phi) is 6.65. The quantitative estimate of drug-likeness (QED) is 0.477. The molecule has 0 saturated heterocycles. The summed E-state index contributed by atoms with van der Waals surface area (Å²) < 4.78 is 0. The van der Waals surface area contributed by atoms with Gasteiger partial charge in [0.05, 0.1) is 0 Å². The van der Waals surface area contributed by atoms with E-state index in [-0.39, 0.29) is 5.57 Å². The summed E-state index contributed by atoms with van der Waals surface area (Å²) in [4.78, 5) is 14.0. The number of nitrogens with zero attached hydrogens (tertiary/aromatic N) is 2. The van der Waals surface area contributed by atoms with Crippen molar-refractivity contribution in [1.29, 1.82) is 5.26 Å². The molecule has 1 rings (SSSR count). The molecule has 1 aromatic carbocycles. The average Bonchev–Trinajstić information content (AvgIpc) is 2.47. The average molecular weight is 295 g/mol. The standard InChI is InChI=1S/C18H21N3O/c1-5-9-21(10-6-2)13-16(12-19)18(22)20-17-8-7-14(3)11-15(17)4/h5-8,11,13H,1-2,9-10H2,3-4H3,(H,20,22)/b16-13-. The van der Waals surface area contributed by atoms with Crippen LogP contribution in [0.1, 0.15) is 11.1 Å². The highest BCUT2D eigenvalue weighted by molar-refractivity contribution is 6.06. The van der Waals surface area contributed by atoms with Crippen molar-refractivity contribution >= 4 is 11.6 Å². The van der Waals surface area contributed by atoms with E-state index in [1.54, 1.807) is 17.1 Å². The lowest BCUT2D eigenvalue weighted by Crippen LogP contribution is -2.21. The second-order valence-corrected chi connectivity index (χ2v) is 4.96. The predicted molar refractivity (Wildman–Crippen MR) is 90.2 cm³/mol. The number of carbonyl (C=O) groups is 1. The van der Waals surface area contributed by atoms with Crippen molar-refractivity contribution in [3.05, 3.63) is 66.4 Å². The molecule has 114 valence electrons.